The van der Waals surface area contributed by atoms with E-state index in [1.54, 1.807) is 4.90 Å². The highest BCUT2D eigenvalue weighted by molar-refractivity contribution is 5.99. The molecule has 0 saturated carbocycles. The van der Waals surface area contributed by atoms with Crippen LogP contribution in [0.1, 0.15) is 38.3 Å². The maximum Gasteiger partial charge on any atom is 0.410 e. The van der Waals surface area contributed by atoms with Gasteiger partial charge in [-0.1, -0.05) is 12.1 Å². The monoisotopic (exact) mass is 314 g/mol. The Morgan fingerprint density at radius 2 is 2.09 bits per heavy atom. The van der Waals surface area contributed by atoms with Gasteiger partial charge < -0.3 is 15.0 Å². The Labute approximate surface area is 136 Å². The van der Waals surface area contributed by atoms with E-state index in [1.807, 2.05) is 32.9 Å². The van der Waals surface area contributed by atoms with E-state index in [0.29, 0.717) is 19.5 Å². The molecule has 1 N–H and O–H groups in total. The van der Waals surface area contributed by atoms with Crippen molar-refractivity contribution in [2.24, 2.45) is 0 Å². The van der Waals surface area contributed by atoms with Crippen molar-refractivity contribution in [1.29, 1.82) is 0 Å². The molecule has 0 radical (unpaired) electrons. The third-order valence-electron chi connectivity index (χ3n) is 3.96. The van der Waals surface area contributed by atoms with Gasteiger partial charge in [0, 0.05) is 18.8 Å². The van der Waals surface area contributed by atoms with E-state index < -0.39 is 5.60 Å². The number of hydrogen-bond acceptors (Lipinski definition) is 3. The summed E-state index contributed by atoms with van der Waals surface area (Å²) < 4.78 is 5.40. The van der Waals surface area contributed by atoms with E-state index in [0.717, 1.165) is 23.2 Å². The standard InChI is InChI=1S/C18H22N2O3/c1-18(2,3)23-17(22)20-8-6-12(7-9-20)13-4-5-15-14(10-13)11-16(21)19-15/h4-6,10H,7-9,11H2,1-3H3,(H,19,21). The van der Waals surface area contributed by atoms with E-state index in [-0.39, 0.29) is 12.0 Å². The normalized spacial score (nSPS) is 17.4. The second-order valence-electron chi connectivity index (χ2n) is 7.00. The summed E-state index contributed by atoms with van der Waals surface area (Å²) in [5, 5.41) is 2.84. The van der Waals surface area contributed by atoms with E-state index in [1.165, 1.54) is 5.57 Å². The van der Waals surface area contributed by atoms with Gasteiger partial charge in [0.25, 0.3) is 0 Å². The van der Waals surface area contributed by atoms with Crippen molar-refractivity contribution >= 4 is 23.3 Å². The summed E-state index contributed by atoms with van der Waals surface area (Å²) in [4.78, 5) is 25.2. The molecule has 2 aliphatic rings. The molecule has 0 spiro atoms. The zero-order valence-electron chi connectivity index (χ0n) is 13.8. The Hall–Kier alpha value is -2.30. The highest BCUT2D eigenvalue weighted by Gasteiger charge is 2.24. The Morgan fingerprint density at radius 3 is 2.74 bits per heavy atom. The molecule has 0 bridgehead atoms. The fourth-order valence-electron chi connectivity index (χ4n) is 2.85. The molecule has 0 aliphatic carbocycles. The maximum absolute atomic E-state index is 12.1. The van der Waals surface area contributed by atoms with Crippen molar-refractivity contribution < 1.29 is 14.3 Å². The van der Waals surface area contributed by atoms with E-state index in [2.05, 4.69) is 17.5 Å². The second-order valence-corrected chi connectivity index (χ2v) is 7.00. The number of ether oxygens (including phenoxy) is 1. The summed E-state index contributed by atoms with van der Waals surface area (Å²) in [6, 6.07) is 6.05. The maximum atomic E-state index is 12.1. The number of carbonyl (C=O) groups is 2. The number of anilines is 1. The van der Waals surface area contributed by atoms with Crippen molar-refractivity contribution in [1.82, 2.24) is 4.90 Å². The lowest BCUT2D eigenvalue weighted by Crippen LogP contribution is -2.39. The zero-order chi connectivity index (χ0) is 16.6. The molecule has 0 atom stereocenters. The van der Waals surface area contributed by atoms with Gasteiger partial charge in [-0.15, -0.1) is 0 Å². The van der Waals surface area contributed by atoms with Crippen LogP contribution in [0.3, 0.4) is 0 Å². The predicted octanol–water partition coefficient (Wildman–Crippen LogP) is 3.21. The average molecular weight is 314 g/mol. The third-order valence-corrected chi connectivity index (χ3v) is 3.96. The van der Waals surface area contributed by atoms with Gasteiger partial charge >= 0.3 is 6.09 Å². The molecule has 122 valence electrons. The molecule has 5 heteroatoms. The van der Waals surface area contributed by atoms with Crippen molar-refractivity contribution in [3.63, 3.8) is 0 Å². The van der Waals surface area contributed by atoms with Gasteiger partial charge in [-0.3, -0.25) is 4.79 Å². The fraction of sp³-hybridized carbons (Fsp3) is 0.444. The Morgan fingerprint density at radius 1 is 1.30 bits per heavy atom. The van der Waals surface area contributed by atoms with E-state index in [9.17, 15) is 9.59 Å². The van der Waals surface area contributed by atoms with Crippen molar-refractivity contribution in [2.75, 3.05) is 18.4 Å². The highest BCUT2D eigenvalue weighted by atomic mass is 16.6. The first kappa shape index (κ1) is 15.6. The van der Waals surface area contributed by atoms with Crippen LogP contribution in [0.2, 0.25) is 0 Å². The molecule has 0 saturated heterocycles. The van der Waals surface area contributed by atoms with Gasteiger partial charge in [-0.05, 0) is 56.0 Å². The Bertz CT molecular complexity index is 686. The summed E-state index contributed by atoms with van der Waals surface area (Å²) in [5.41, 5.74) is 3.82. The van der Waals surface area contributed by atoms with Crippen molar-refractivity contribution in [3.8, 4) is 0 Å². The van der Waals surface area contributed by atoms with E-state index in [4.69, 9.17) is 4.74 Å². The summed E-state index contributed by atoms with van der Waals surface area (Å²) >= 11 is 0. The van der Waals surface area contributed by atoms with Crippen molar-refractivity contribution in [3.05, 3.63) is 35.4 Å². The van der Waals surface area contributed by atoms with Crippen molar-refractivity contribution in [2.45, 2.75) is 39.2 Å². The molecule has 0 fully saturated rings. The molecule has 2 amide bonds. The SMILES string of the molecule is CC(C)(C)OC(=O)N1CC=C(c2ccc3c(c2)CC(=O)N3)CC1. The van der Waals surface area contributed by atoms with Gasteiger partial charge in [0.05, 0.1) is 6.42 Å². The molecular formula is C18H22N2O3. The van der Waals surface area contributed by atoms with Crippen LogP contribution in [-0.2, 0) is 16.0 Å². The number of nitrogens with zero attached hydrogens (tertiary/aromatic N) is 1. The lowest BCUT2D eigenvalue weighted by atomic mass is 9.97. The van der Waals surface area contributed by atoms with Gasteiger partial charge in [-0.2, -0.15) is 0 Å². The summed E-state index contributed by atoms with van der Waals surface area (Å²) in [7, 11) is 0. The molecule has 0 unspecified atom stereocenters. The molecule has 23 heavy (non-hydrogen) atoms. The first-order valence-electron chi connectivity index (χ1n) is 7.92. The first-order chi connectivity index (χ1) is 10.8. The smallest absolute Gasteiger partial charge is 0.410 e. The first-order valence-corrected chi connectivity index (χ1v) is 7.92. The molecule has 3 rings (SSSR count). The lowest BCUT2D eigenvalue weighted by molar-refractivity contribution is -0.115. The second kappa shape index (κ2) is 5.72. The van der Waals surface area contributed by atoms with Crippen LogP contribution in [0.4, 0.5) is 10.5 Å². The molecule has 2 heterocycles. The van der Waals surface area contributed by atoms with Gasteiger partial charge in [0.1, 0.15) is 5.60 Å². The zero-order valence-corrected chi connectivity index (χ0v) is 13.8. The average Bonchev–Trinajstić information content (AvgIpc) is 2.84. The number of hydrogen-bond donors (Lipinski definition) is 1. The minimum atomic E-state index is -0.472. The highest BCUT2D eigenvalue weighted by Crippen LogP contribution is 2.29. The minimum Gasteiger partial charge on any atom is -0.444 e. The molecular weight excluding hydrogens is 292 g/mol. The summed E-state index contributed by atoms with van der Waals surface area (Å²) in [5.74, 6) is 0.0471. The van der Waals surface area contributed by atoms with Crippen LogP contribution in [0.15, 0.2) is 24.3 Å². The summed E-state index contributed by atoms with van der Waals surface area (Å²) in [6.07, 6.45) is 3.04. The summed E-state index contributed by atoms with van der Waals surface area (Å²) in [6.45, 7) is 6.81. The Kier molecular flexibility index (Phi) is 3.88. The minimum absolute atomic E-state index is 0.0471. The number of carbonyl (C=O) groups excluding carboxylic acids is 2. The van der Waals surface area contributed by atoms with Gasteiger partial charge in [-0.25, -0.2) is 4.79 Å². The lowest BCUT2D eigenvalue weighted by Gasteiger charge is -2.29. The van der Waals surface area contributed by atoms with E-state index >= 15 is 0 Å². The van der Waals surface area contributed by atoms with Gasteiger partial charge in [0.15, 0.2) is 0 Å². The van der Waals surface area contributed by atoms with Crippen LogP contribution in [0.25, 0.3) is 5.57 Å². The van der Waals surface area contributed by atoms with Crippen LogP contribution >= 0.6 is 0 Å². The number of nitrogens with one attached hydrogen (secondary N) is 1. The van der Waals surface area contributed by atoms with Crippen LogP contribution in [0, 0.1) is 0 Å². The quantitative estimate of drug-likeness (QED) is 0.866. The fourth-order valence-corrected chi connectivity index (χ4v) is 2.85. The predicted molar refractivity (Wildman–Crippen MR) is 89.2 cm³/mol. The molecule has 1 aromatic carbocycles. The van der Waals surface area contributed by atoms with Crippen LogP contribution < -0.4 is 5.32 Å². The Balaban J connectivity index is 1.69. The number of rotatable bonds is 1. The van der Waals surface area contributed by atoms with Crippen LogP contribution in [-0.4, -0.2) is 35.6 Å². The van der Waals surface area contributed by atoms with Crippen LogP contribution in [0.5, 0.6) is 0 Å². The van der Waals surface area contributed by atoms with Gasteiger partial charge in [0.2, 0.25) is 5.91 Å². The number of benzene rings is 1. The third kappa shape index (κ3) is 3.55. The molecule has 0 aromatic heterocycles. The topological polar surface area (TPSA) is 58.6 Å². The number of amides is 2. The molecule has 2 aliphatic heterocycles. The largest absolute Gasteiger partial charge is 0.444 e. The molecule has 1 aromatic rings. The number of fused-ring (bicyclic) bond motifs is 1. The molecule has 5 nitrogen and oxygen atoms in total.